The van der Waals surface area contributed by atoms with Crippen LogP contribution in [0.25, 0.3) is 5.65 Å². The van der Waals surface area contributed by atoms with Crippen molar-refractivity contribution in [3.05, 3.63) is 59.2 Å². The third-order valence-corrected chi connectivity index (χ3v) is 4.81. The lowest BCUT2D eigenvalue weighted by Gasteiger charge is -2.28. The van der Waals surface area contributed by atoms with Crippen LogP contribution in [-0.2, 0) is 4.74 Å². The van der Waals surface area contributed by atoms with Gasteiger partial charge in [-0.2, -0.15) is 0 Å². The molecule has 1 aliphatic rings. The van der Waals surface area contributed by atoms with Crippen LogP contribution in [0.4, 0.5) is 0 Å². The minimum absolute atomic E-state index is 0.154. The van der Waals surface area contributed by atoms with Crippen molar-refractivity contribution in [1.82, 2.24) is 14.7 Å². The van der Waals surface area contributed by atoms with Crippen LogP contribution in [0.5, 0.6) is 0 Å². The van der Waals surface area contributed by atoms with Gasteiger partial charge in [0.15, 0.2) is 0 Å². The Labute approximate surface area is 160 Å². The lowest BCUT2D eigenvalue weighted by molar-refractivity contribution is 0.00491. The van der Waals surface area contributed by atoms with E-state index in [0.29, 0.717) is 30.8 Å². The Morgan fingerprint density at radius 1 is 1.41 bits per heavy atom. The van der Waals surface area contributed by atoms with E-state index in [4.69, 9.17) is 10.5 Å². The standard InChI is InChI=1S/C21H28N4O2/c1-15-14-16(2)25-12-8-18(19(25)23-15)20(26)24-17-6-9-21(3,10-7-17)27-13-5-4-11-22/h6-9,12,14H,4-5,10-11,13,22H2,1-3H3,(H,24,26). The average molecular weight is 368 g/mol. The van der Waals surface area contributed by atoms with Crippen LogP contribution in [0, 0.1) is 13.8 Å². The number of aromatic nitrogens is 2. The molecule has 0 bridgehead atoms. The molecule has 2 aromatic rings. The summed E-state index contributed by atoms with van der Waals surface area (Å²) in [6, 6.07) is 3.80. The number of hydrogen-bond acceptors (Lipinski definition) is 4. The molecule has 144 valence electrons. The summed E-state index contributed by atoms with van der Waals surface area (Å²) in [4.78, 5) is 17.3. The van der Waals surface area contributed by atoms with E-state index in [1.807, 2.05) is 54.8 Å². The fourth-order valence-electron chi connectivity index (χ4n) is 3.24. The normalized spacial score (nSPS) is 19.3. The van der Waals surface area contributed by atoms with Gasteiger partial charge < -0.3 is 20.2 Å². The van der Waals surface area contributed by atoms with Crippen molar-refractivity contribution in [2.45, 2.75) is 45.6 Å². The highest BCUT2D eigenvalue weighted by atomic mass is 16.5. The molecule has 1 aliphatic carbocycles. The molecule has 0 spiro atoms. The van der Waals surface area contributed by atoms with Crippen LogP contribution < -0.4 is 11.1 Å². The van der Waals surface area contributed by atoms with Gasteiger partial charge in [0.05, 0.1) is 11.2 Å². The number of nitrogens with two attached hydrogens (primary N) is 1. The van der Waals surface area contributed by atoms with Crippen LogP contribution in [0.2, 0.25) is 0 Å². The third kappa shape index (κ3) is 4.46. The number of nitrogens with one attached hydrogen (secondary N) is 1. The predicted octanol–water partition coefficient (Wildman–Crippen LogP) is 3.04. The Morgan fingerprint density at radius 2 is 2.22 bits per heavy atom. The number of rotatable bonds is 7. The summed E-state index contributed by atoms with van der Waals surface area (Å²) in [6.07, 6.45) is 10.4. The fraction of sp³-hybridized carbons (Fsp3) is 0.429. The van der Waals surface area contributed by atoms with Gasteiger partial charge in [-0.15, -0.1) is 0 Å². The quantitative estimate of drug-likeness (QED) is 0.736. The van der Waals surface area contributed by atoms with Crippen LogP contribution >= 0.6 is 0 Å². The number of allylic oxidation sites excluding steroid dienone is 1. The van der Waals surface area contributed by atoms with E-state index in [0.717, 1.165) is 29.9 Å². The number of fused-ring (bicyclic) bond motifs is 1. The van der Waals surface area contributed by atoms with Crippen molar-refractivity contribution < 1.29 is 9.53 Å². The lowest BCUT2D eigenvalue weighted by Crippen LogP contribution is -2.30. The summed E-state index contributed by atoms with van der Waals surface area (Å²) < 4.78 is 7.90. The first-order chi connectivity index (χ1) is 12.9. The van der Waals surface area contributed by atoms with Crippen molar-refractivity contribution in [2.75, 3.05) is 13.2 Å². The summed E-state index contributed by atoms with van der Waals surface area (Å²) in [5.74, 6) is -0.154. The second kappa shape index (κ2) is 8.06. The van der Waals surface area contributed by atoms with Gasteiger partial charge >= 0.3 is 0 Å². The van der Waals surface area contributed by atoms with E-state index in [-0.39, 0.29) is 11.5 Å². The summed E-state index contributed by atoms with van der Waals surface area (Å²) in [5, 5.41) is 2.98. The largest absolute Gasteiger partial charge is 0.371 e. The zero-order chi connectivity index (χ0) is 19.4. The average Bonchev–Trinajstić information content (AvgIpc) is 3.05. The zero-order valence-electron chi connectivity index (χ0n) is 16.3. The van der Waals surface area contributed by atoms with Crippen molar-refractivity contribution in [3.8, 4) is 0 Å². The van der Waals surface area contributed by atoms with Gasteiger partial charge in [0.1, 0.15) is 5.65 Å². The number of nitrogens with zero attached hydrogens (tertiary/aromatic N) is 2. The molecule has 3 N–H and O–H groups in total. The Balaban J connectivity index is 1.65. The molecule has 0 fully saturated rings. The number of ether oxygens (including phenoxy) is 1. The highest BCUT2D eigenvalue weighted by Crippen LogP contribution is 2.24. The van der Waals surface area contributed by atoms with Crippen molar-refractivity contribution in [3.63, 3.8) is 0 Å². The van der Waals surface area contributed by atoms with Gasteiger partial charge in [-0.05, 0) is 58.4 Å². The number of hydrogen-bond donors (Lipinski definition) is 2. The maximum atomic E-state index is 12.7. The van der Waals surface area contributed by atoms with Crippen molar-refractivity contribution in [1.29, 1.82) is 0 Å². The molecule has 27 heavy (non-hydrogen) atoms. The summed E-state index contributed by atoms with van der Waals surface area (Å²) >= 11 is 0. The van der Waals surface area contributed by atoms with Gasteiger partial charge in [0.25, 0.3) is 5.91 Å². The second-order valence-corrected chi connectivity index (χ2v) is 7.27. The number of carbonyl (C=O) groups excluding carboxylic acids is 1. The topological polar surface area (TPSA) is 81.6 Å². The predicted molar refractivity (Wildman–Crippen MR) is 107 cm³/mol. The van der Waals surface area contributed by atoms with Crippen LogP contribution in [-0.4, -0.2) is 34.0 Å². The van der Waals surface area contributed by atoms with Gasteiger partial charge in [-0.1, -0.05) is 12.2 Å². The molecule has 1 unspecified atom stereocenters. The van der Waals surface area contributed by atoms with Gasteiger partial charge in [0, 0.05) is 36.3 Å². The summed E-state index contributed by atoms with van der Waals surface area (Å²) in [6.45, 7) is 7.37. The Hall–Kier alpha value is -2.44. The van der Waals surface area contributed by atoms with E-state index in [1.54, 1.807) is 0 Å². The van der Waals surface area contributed by atoms with E-state index in [1.165, 1.54) is 0 Å². The first-order valence-corrected chi connectivity index (χ1v) is 9.42. The second-order valence-electron chi connectivity index (χ2n) is 7.27. The third-order valence-electron chi connectivity index (χ3n) is 4.81. The molecule has 6 nitrogen and oxygen atoms in total. The maximum absolute atomic E-state index is 12.7. The van der Waals surface area contributed by atoms with E-state index >= 15 is 0 Å². The zero-order valence-corrected chi connectivity index (χ0v) is 16.3. The molecule has 0 saturated carbocycles. The molecule has 0 aromatic carbocycles. The van der Waals surface area contributed by atoms with Crippen molar-refractivity contribution >= 4 is 11.6 Å². The molecule has 1 amide bonds. The molecular formula is C21H28N4O2. The number of amides is 1. The molecule has 0 saturated heterocycles. The summed E-state index contributed by atoms with van der Waals surface area (Å²) in [5.41, 5.74) is 9.16. The van der Waals surface area contributed by atoms with Crippen LogP contribution in [0.1, 0.15) is 47.9 Å². The fourth-order valence-corrected chi connectivity index (χ4v) is 3.24. The molecule has 3 rings (SSSR count). The van der Waals surface area contributed by atoms with Crippen LogP contribution in [0.15, 0.2) is 42.3 Å². The highest BCUT2D eigenvalue weighted by molar-refractivity contribution is 6.01. The first-order valence-electron chi connectivity index (χ1n) is 9.42. The Bertz CT molecular complexity index is 897. The van der Waals surface area contributed by atoms with E-state index in [9.17, 15) is 4.79 Å². The molecular weight excluding hydrogens is 340 g/mol. The number of aryl methyl sites for hydroxylation is 2. The van der Waals surface area contributed by atoms with Crippen LogP contribution in [0.3, 0.4) is 0 Å². The van der Waals surface area contributed by atoms with E-state index in [2.05, 4.69) is 17.2 Å². The SMILES string of the molecule is Cc1cc(C)n2ccc(C(=O)NC3=CCC(C)(OCCCCN)C=C3)c2n1. The van der Waals surface area contributed by atoms with E-state index < -0.39 is 0 Å². The van der Waals surface area contributed by atoms with Gasteiger partial charge in [-0.3, -0.25) is 4.79 Å². The minimum Gasteiger partial charge on any atom is -0.371 e. The van der Waals surface area contributed by atoms with Gasteiger partial charge in [-0.25, -0.2) is 4.98 Å². The lowest BCUT2D eigenvalue weighted by atomic mass is 9.96. The monoisotopic (exact) mass is 368 g/mol. The molecule has 0 aliphatic heterocycles. The molecule has 0 radical (unpaired) electrons. The number of unbranched alkanes of at least 4 members (excludes halogenated alkanes) is 1. The maximum Gasteiger partial charge on any atom is 0.259 e. The molecule has 1 atom stereocenters. The minimum atomic E-state index is -0.332. The molecule has 2 heterocycles. The van der Waals surface area contributed by atoms with Gasteiger partial charge in [0.2, 0.25) is 0 Å². The van der Waals surface area contributed by atoms with Crippen molar-refractivity contribution in [2.24, 2.45) is 5.73 Å². The molecule has 6 heteroatoms. The highest BCUT2D eigenvalue weighted by Gasteiger charge is 2.24. The smallest absolute Gasteiger partial charge is 0.259 e. The Morgan fingerprint density at radius 3 is 2.93 bits per heavy atom. The first kappa shape index (κ1) is 19.3. The Kier molecular flexibility index (Phi) is 5.77. The number of carbonyl (C=O) groups is 1. The molecule has 2 aromatic heterocycles. The summed E-state index contributed by atoms with van der Waals surface area (Å²) in [7, 11) is 0.